The minimum Gasteiger partial charge on any atom is -0.320 e. The maximum Gasteiger partial charge on any atom is 0.0557 e. The van der Waals surface area contributed by atoms with E-state index in [1.807, 2.05) is 0 Å². The second-order valence-corrected chi connectivity index (χ2v) is 5.13. The van der Waals surface area contributed by atoms with Gasteiger partial charge < -0.3 is 5.73 Å². The SMILES string of the molecule is Cc1ccc(C)c(C(N)c2cccc(C)c2C)c1. The van der Waals surface area contributed by atoms with Crippen molar-refractivity contribution in [3.63, 3.8) is 0 Å². The van der Waals surface area contributed by atoms with Crippen molar-refractivity contribution in [3.05, 3.63) is 69.8 Å². The Morgan fingerprint density at radius 2 is 1.56 bits per heavy atom. The number of hydrogen-bond donors (Lipinski definition) is 1. The predicted octanol–water partition coefficient (Wildman–Crippen LogP) is 3.97. The third kappa shape index (κ3) is 2.32. The molecule has 1 unspecified atom stereocenters. The van der Waals surface area contributed by atoms with Gasteiger partial charge in [0.05, 0.1) is 6.04 Å². The molecule has 2 aromatic rings. The fourth-order valence-electron chi connectivity index (χ4n) is 2.37. The zero-order chi connectivity index (χ0) is 13.3. The monoisotopic (exact) mass is 239 g/mol. The molecule has 0 saturated carbocycles. The molecule has 0 bridgehead atoms. The molecule has 0 fully saturated rings. The van der Waals surface area contributed by atoms with Crippen LogP contribution in [-0.2, 0) is 0 Å². The second-order valence-electron chi connectivity index (χ2n) is 5.13. The normalized spacial score (nSPS) is 12.5. The van der Waals surface area contributed by atoms with Crippen molar-refractivity contribution >= 4 is 0 Å². The van der Waals surface area contributed by atoms with Gasteiger partial charge in [0, 0.05) is 0 Å². The van der Waals surface area contributed by atoms with Crippen LogP contribution in [0.25, 0.3) is 0 Å². The predicted molar refractivity (Wildman–Crippen MR) is 77.9 cm³/mol. The van der Waals surface area contributed by atoms with Crippen molar-refractivity contribution in [1.82, 2.24) is 0 Å². The highest BCUT2D eigenvalue weighted by molar-refractivity contribution is 5.43. The lowest BCUT2D eigenvalue weighted by molar-refractivity contribution is 0.848. The van der Waals surface area contributed by atoms with Crippen LogP contribution in [0.1, 0.15) is 39.4 Å². The molecule has 0 spiro atoms. The molecule has 1 heteroatoms. The first-order chi connectivity index (χ1) is 8.50. The Labute approximate surface area is 110 Å². The summed E-state index contributed by atoms with van der Waals surface area (Å²) in [5.41, 5.74) is 14.0. The number of rotatable bonds is 2. The summed E-state index contributed by atoms with van der Waals surface area (Å²) in [6.07, 6.45) is 0. The van der Waals surface area contributed by atoms with Gasteiger partial charge >= 0.3 is 0 Å². The van der Waals surface area contributed by atoms with E-state index in [9.17, 15) is 0 Å². The van der Waals surface area contributed by atoms with Crippen molar-refractivity contribution in [2.75, 3.05) is 0 Å². The van der Waals surface area contributed by atoms with Crippen molar-refractivity contribution < 1.29 is 0 Å². The molecule has 0 aliphatic carbocycles. The molecule has 0 aromatic heterocycles. The molecule has 1 nitrogen and oxygen atoms in total. The van der Waals surface area contributed by atoms with Crippen molar-refractivity contribution in [1.29, 1.82) is 0 Å². The van der Waals surface area contributed by atoms with E-state index in [2.05, 4.69) is 64.1 Å². The Kier molecular flexibility index (Phi) is 3.53. The molecular weight excluding hydrogens is 218 g/mol. The molecule has 2 aromatic carbocycles. The van der Waals surface area contributed by atoms with Crippen LogP contribution in [0.2, 0.25) is 0 Å². The summed E-state index contributed by atoms with van der Waals surface area (Å²) in [6.45, 7) is 8.52. The third-order valence-corrected chi connectivity index (χ3v) is 3.75. The van der Waals surface area contributed by atoms with Crippen LogP contribution >= 0.6 is 0 Å². The van der Waals surface area contributed by atoms with E-state index >= 15 is 0 Å². The number of nitrogens with two attached hydrogens (primary N) is 1. The summed E-state index contributed by atoms with van der Waals surface area (Å²) in [4.78, 5) is 0. The topological polar surface area (TPSA) is 26.0 Å². The second kappa shape index (κ2) is 4.95. The maximum absolute atomic E-state index is 6.46. The summed E-state index contributed by atoms with van der Waals surface area (Å²) in [5.74, 6) is 0. The Morgan fingerprint density at radius 1 is 0.833 bits per heavy atom. The minimum atomic E-state index is -0.0372. The van der Waals surface area contributed by atoms with E-state index in [4.69, 9.17) is 5.73 Å². The number of hydrogen-bond acceptors (Lipinski definition) is 1. The zero-order valence-corrected chi connectivity index (χ0v) is 11.6. The van der Waals surface area contributed by atoms with Crippen LogP contribution in [-0.4, -0.2) is 0 Å². The van der Waals surface area contributed by atoms with Gasteiger partial charge in [-0.1, -0.05) is 42.0 Å². The molecule has 2 rings (SSSR count). The average Bonchev–Trinajstić information content (AvgIpc) is 2.35. The van der Waals surface area contributed by atoms with Gasteiger partial charge in [-0.25, -0.2) is 0 Å². The van der Waals surface area contributed by atoms with E-state index < -0.39 is 0 Å². The van der Waals surface area contributed by atoms with Gasteiger partial charge in [0.25, 0.3) is 0 Å². The van der Waals surface area contributed by atoms with Gasteiger partial charge in [0.15, 0.2) is 0 Å². The molecule has 0 aliphatic rings. The standard InChI is InChI=1S/C17H21N/c1-11-8-9-13(3)16(10-11)17(18)15-7-5-6-12(2)14(15)4/h5-10,17H,18H2,1-4H3. The Bertz CT molecular complexity index is 568. The Morgan fingerprint density at radius 3 is 2.28 bits per heavy atom. The lowest BCUT2D eigenvalue weighted by Gasteiger charge is -2.19. The molecule has 0 amide bonds. The van der Waals surface area contributed by atoms with Crippen LogP contribution in [0.5, 0.6) is 0 Å². The van der Waals surface area contributed by atoms with Crippen LogP contribution in [0, 0.1) is 27.7 Å². The molecule has 94 valence electrons. The van der Waals surface area contributed by atoms with Crippen LogP contribution in [0.3, 0.4) is 0 Å². The summed E-state index contributed by atoms with van der Waals surface area (Å²) in [7, 11) is 0. The summed E-state index contributed by atoms with van der Waals surface area (Å²) in [5, 5.41) is 0. The number of aryl methyl sites for hydroxylation is 3. The summed E-state index contributed by atoms with van der Waals surface area (Å²) in [6, 6.07) is 12.8. The van der Waals surface area contributed by atoms with E-state index in [-0.39, 0.29) is 6.04 Å². The smallest absolute Gasteiger partial charge is 0.0557 e. The van der Waals surface area contributed by atoms with Crippen LogP contribution in [0.4, 0.5) is 0 Å². The molecule has 1 atom stereocenters. The van der Waals surface area contributed by atoms with Gasteiger partial charge in [-0.3, -0.25) is 0 Å². The summed E-state index contributed by atoms with van der Waals surface area (Å²) < 4.78 is 0. The highest BCUT2D eigenvalue weighted by Gasteiger charge is 2.14. The maximum atomic E-state index is 6.46. The molecule has 0 saturated heterocycles. The van der Waals surface area contributed by atoms with Gasteiger partial charge in [-0.05, 0) is 55.5 Å². The fourth-order valence-corrected chi connectivity index (χ4v) is 2.37. The fraction of sp³-hybridized carbons (Fsp3) is 0.294. The van der Waals surface area contributed by atoms with E-state index in [0.717, 1.165) is 0 Å². The van der Waals surface area contributed by atoms with Gasteiger partial charge in [0.1, 0.15) is 0 Å². The van der Waals surface area contributed by atoms with E-state index in [1.54, 1.807) is 0 Å². The van der Waals surface area contributed by atoms with E-state index in [1.165, 1.54) is 33.4 Å². The van der Waals surface area contributed by atoms with Crippen molar-refractivity contribution in [3.8, 4) is 0 Å². The Balaban J connectivity index is 2.51. The first kappa shape index (κ1) is 12.8. The zero-order valence-electron chi connectivity index (χ0n) is 11.6. The number of benzene rings is 2. The highest BCUT2D eigenvalue weighted by atomic mass is 14.6. The average molecular weight is 239 g/mol. The third-order valence-electron chi connectivity index (χ3n) is 3.75. The van der Waals surface area contributed by atoms with Gasteiger partial charge in [-0.15, -0.1) is 0 Å². The summed E-state index contributed by atoms with van der Waals surface area (Å²) >= 11 is 0. The van der Waals surface area contributed by atoms with Gasteiger partial charge in [0.2, 0.25) is 0 Å². The highest BCUT2D eigenvalue weighted by Crippen LogP contribution is 2.27. The lowest BCUT2D eigenvalue weighted by atomic mass is 9.90. The van der Waals surface area contributed by atoms with Gasteiger partial charge in [-0.2, -0.15) is 0 Å². The molecule has 0 radical (unpaired) electrons. The molecule has 0 aliphatic heterocycles. The van der Waals surface area contributed by atoms with Crippen LogP contribution in [0.15, 0.2) is 36.4 Å². The largest absolute Gasteiger partial charge is 0.320 e. The van der Waals surface area contributed by atoms with E-state index in [0.29, 0.717) is 0 Å². The molecular formula is C17H21N. The van der Waals surface area contributed by atoms with Crippen molar-refractivity contribution in [2.24, 2.45) is 5.73 Å². The molecule has 18 heavy (non-hydrogen) atoms. The Hall–Kier alpha value is -1.60. The van der Waals surface area contributed by atoms with Crippen LogP contribution < -0.4 is 5.73 Å². The quantitative estimate of drug-likeness (QED) is 0.843. The first-order valence-electron chi connectivity index (χ1n) is 6.39. The minimum absolute atomic E-state index is 0.0372. The molecule has 2 N–H and O–H groups in total. The first-order valence-corrected chi connectivity index (χ1v) is 6.39. The molecule has 0 heterocycles. The lowest BCUT2D eigenvalue weighted by Crippen LogP contribution is -2.15. The van der Waals surface area contributed by atoms with Crippen molar-refractivity contribution in [2.45, 2.75) is 33.7 Å².